The van der Waals surface area contributed by atoms with E-state index >= 15 is 0 Å². The topological polar surface area (TPSA) is 102 Å². The number of anilines is 1. The molecule has 2 aromatic carbocycles. The van der Waals surface area contributed by atoms with E-state index in [-0.39, 0.29) is 5.91 Å². The molecule has 0 saturated carbocycles. The first-order valence-electron chi connectivity index (χ1n) is 10.2. The number of benzene rings is 2. The lowest BCUT2D eigenvalue weighted by molar-refractivity contribution is 0.102. The van der Waals surface area contributed by atoms with Crippen LogP contribution in [-0.4, -0.2) is 32.7 Å². The van der Waals surface area contributed by atoms with Crippen LogP contribution >= 0.6 is 0 Å². The van der Waals surface area contributed by atoms with Gasteiger partial charge in [-0.25, -0.2) is 4.98 Å². The minimum absolute atomic E-state index is 0.244. The van der Waals surface area contributed by atoms with Crippen LogP contribution in [-0.2, 0) is 6.61 Å². The maximum Gasteiger partial charge on any atom is 0.255 e. The highest BCUT2D eigenvalue weighted by molar-refractivity contribution is 6.04. The molecule has 1 amide bonds. The van der Waals surface area contributed by atoms with Crippen LogP contribution in [0.2, 0.25) is 0 Å². The summed E-state index contributed by atoms with van der Waals surface area (Å²) in [7, 11) is 0. The molecular weight excluding hydrogens is 406 g/mol. The van der Waals surface area contributed by atoms with Crippen LogP contribution in [0.25, 0.3) is 11.4 Å². The quantitative estimate of drug-likeness (QED) is 0.430. The van der Waals surface area contributed by atoms with Crippen molar-refractivity contribution in [3.05, 3.63) is 83.9 Å². The lowest BCUT2D eigenvalue weighted by atomic mass is 10.1. The maximum absolute atomic E-state index is 12.8. The molecule has 0 aliphatic carbocycles. The van der Waals surface area contributed by atoms with Crippen LogP contribution in [0, 0.1) is 6.92 Å². The zero-order chi connectivity index (χ0) is 22.3. The molecule has 0 saturated heterocycles. The van der Waals surface area contributed by atoms with E-state index in [4.69, 9.17) is 9.47 Å². The summed E-state index contributed by atoms with van der Waals surface area (Å²) in [6.45, 7) is 4.54. The third kappa shape index (κ3) is 5.10. The minimum atomic E-state index is -0.244. The maximum atomic E-state index is 12.8. The van der Waals surface area contributed by atoms with E-state index in [1.807, 2.05) is 50.2 Å². The number of aromatic nitrogens is 4. The van der Waals surface area contributed by atoms with Crippen molar-refractivity contribution in [1.82, 2.24) is 20.2 Å². The fourth-order valence-corrected chi connectivity index (χ4v) is 3.06. The van der Waals surface area contributed by atoms with Crippen LogP contribution < -0.4 is 14.8 Å². The summed E-state index contributed by atoms with van der Waals surface area (Å²) in [5, 5.41) is 9.86. The van der Waals surface area contributed by atoms with E-state index in [0.717, 1.165) is 17.0 Å². The molecule has 0 unspecified atom stereocenters. The van der Waals surface area contributed by atoms with Crippen molar-refractivity contribution in [2.45, 2.75) is 20.5 Å². The number of H-pyrrole nitrogens is 1. The molecule has 0 atom stereocenters. The molecule has 8 nitrogen and oxygen atoms in total. The van der Waals surface area contributed by atoms with Gasteiger partial charge in [0.15, 0.2) is 17.3 Å². The molecule has 2 heterocycles. The fraction of sp³-hybridized carbons (Fsp3) is 0.167. The number of carbonyl (C=O) groups excluding carboxylic acids is 1. The summed E-state index contributed by atoms with van der Waals surface area (Å²) in [4.78, 5) is 21.2. The zero-order valence-corrected chi connectivity index (χ0v) is 17.8. The first-order valence-corrected chi connectivity index (χ1v) is 10.2. The third-order valence-corrected chi connectivity index (χ3v) is 4.62. The molecule has 0 spiro atoms. The second-order valence-electron chi connectivity index (χ2n) is 7.02. The van der Waals surface area contributed by atoms with Gasteiger partial charge in [-0.1, -0.05) is 6.07 Å². The van der Waals surface area contributed by atoms with Crippen LogP contribution in [0.4, 0.5) is 5.69 Å². The number of carbonyl (C=O) groups is 1. The molecule has 4 aromatic rings. The Morgan fingerprint density at radius 1 is 1.06 bits per heavy atom. The number of hydrogen-bond acceptors (Lipinski definition) is 6. The van der Waals surface area contributed by atoms with E-state index in [2.05, 4.69) is 25.5 Å². The molecule has 0 aliphatic rings. The first kappa shape index (κ1) is 21.0. The standard InChI is InChI=1S/C24H23N5O3/c1-3-31-22-13-19(8-11-21(22)32-15-17-5-4-12-25-14-17)24(30)27-20-9-6-18(7-10-20)23-26-16(2)28-29-23/h4-14H,3,15H2,1-2H3,(H,27,30)(H,26,28,29). The van der Waals surface area contributed by atoms with E-state index < -0.39 is 0 Å². The second-order valence-corrected chi connectivity index (χ2v) is 7.02. The van der Waals surface area contributed by atoms with Crippen LogP contribution in [0.1, 0.15) is 28.7 Å². The Hall–Kier alpha value is -4.20. The van der Waals surface area contributed by atoms with Gasteiger partial charge in [-0.15, -0.1) is 0 Å². The Morgan fingerprint density at radius 2 is 1.91 bits per heavy atom. The molecule has 0 bridgehead atoms. The summed E-state index contributed by atoms with van der Waals surface area (Å²) >= 11 is 0. The van der Waals surface area contributed by atoms with Crippen molar-refractivity contribution in [2.24, 2.45) is 0 Å². The molecule has 8 heteroatoms. The Balaban J connectivity index is 1.45. The number of nitrogens with zero attached hydrogens (tertiary/aromatic N) is 3. The van der Waals surface area contributed by atoms with E-state index in [1.54, 1.807) is 30.6 Å². The highest BCUT2D eigenvalue weighted by Crippen LogP contribution is 2.30. The highest BCUT2D eigenvalue weighted by Gasteiger charge is 2.13. The van der Waals surface area contributed by atoms with Gasteiger partial charge in [-0.3, -0.25) is 14.9 Å². The Morgan fingerprint density at radius 3 is 2.59 bits per heavy atom. The van der Waals surface area contributed by atoms with Gasteiger partial charge in [0.25, 0.3) is 5.91 Å². The zero-order valence-electron chi connectivity index (χ0n) is 17.8. The van der Waals surface area contributed by atoms with Crippen molar-refractivity contribution < 1.29 is 14.3 Å². The number of pyridine rings is 1. The van der Waals surface area contributed by atoms with E-state index in [0.29, 0.717) is 41.8 Å². The fourth-order valence-electron chi connectivity index (χ4n) is 3.06. The number of amides is 1. The van der Waals surface area contributed by atoms with Gasteiger partial charge < -0.3 is 14.8 Å². The highest BCUT2D eigenvalue weighted by atomic mass is 16.5. The van der Waals surface area contributed by atoms with Crippen molar-refractivity contribution >= 4 is 11.6 Å². The largest absolute Gasteiger partial charge is 0.490 e. The summed E-state index contributed by atoms with van der Waals surface area (Å²) in [6, 6.07) is 16.3. The summed E-state index contributed by atoms with van der Waals surface area (Å²) < 4.78 is 11.6. The predicted octanol–water partition coefficient (Wildman–Crippen LogP) is 4.41. The minimum Gasteiger partial charge on any atom is -0.490 e. The molecule has 0 fully saturated rings. The average molecular weight is 429 g/mol. The van der Waals surface area contributed by atoms with Crippen LogP contribution in [0.5, 0.6) is 11.5 Å². The number of rotatable bonds is 8. The predicted molar refractivity (Wildman–Crippen MR) is 121 cm³/mol. The summed E-state index contributed by atoms with van der Waals surface area (Å²) in [5.74, 6) is 2.20. The van der Waals surface area contributed by atoms with Gasteiger partial charge in [-0.2, -0.15) is 5.10 Å². The SMILES string of the molecule is CCOc1cc(C(=O)Nc2ccc(-c3n[nH]c(C)n3)cc2)ccc1OCc1cccnc1. The lowest BCUT2D eigenvalue weighted by Crippen LogP contribution is -2.12. The number of nitrogens with one attached hydrogen (secondary N) is 2. The molecule has 4 rings (SSSR count). The van der Waals surface area contributed by atoms with Crippen molar-refractivity contribution in [3.63, 3.8) is 0 Å². The van der Waals surface area contributed by atoms with Crippen molar-refractivity contribution in [3.8, 4) is 22.9 Å². The van der Waals surface area contributed by atoms with Crippen molar-refractivity contribution in [1.29, 1.82) is 0 Å². The second kappa shape index (κ2) is 9.74. The monoisotopic (exact) mass is 429 g/mol. The Kier molecular flexibility index (Phi) is 6.41. The summed E-state index contributed by atoms with van der Waals surface area (Å²) in [6.07, 6.45) is 3.46. The Bertz CT molecular complexity index is 1190. The van der Waals surface area contributed by atoms with Gasteiger partial charge in [-0.05, 0) is 62.4 Å². The molecular formula is C24H23N5O3. The Labute approximate surface area is 185 Å². The van der Waals surface area contributed by atoms with E-state index in [9.17, 15) is 4.79 Å². The van der Waals surface area contributed by atoms with Gasteiger partial charge in [0.05, 0.1) is 6.61 Å². The number of ether oxygens (including phenoxy) is 2. The lowest BCUT2D eigenvalue weighted by Gasteiger charge is -2.13. The van der Waals surface area contributed by atoms with Gasteiger partial charge in [0.2, 0.25) is 0 Å². The number of aromatic amines is 1. The van der Waals surface area contributed by atoms with Crippen LogP contribution in [0.3, 0.4) is 0 Å². The molecule has 32 heavy (non-hydrogen) atoms. The van der Waals surface area contributed by atoms with Crippen molar-refractivity contribution in [2.75, 3.05) is 11.9 Å². The van der Waals surface area contributed by atoms with Gasteiger partial charge in [0.1, 0.15) is 12.4 Å². The molecule has 0 radical (unpaired) electrons. The normalized spacial score (nSPS) is 10.6. The third-order valence-electron chi connectivity index (χ3n) is 4.62. The number of aryl methyl sites for hydroxylation is 1. The molecule has 162 valence electrons. The average Bonchev–Trinajstić information content (AvgIpc) is 3.26. The smallest absolute Gasteiger partial charge is 0.255 e. The van der Waals surface area contributed by atoms with Gasteiger partial charge >= 0.3 is 0 Å². The molecule has 2 N–H and O–H groups in total. The van der Waals surface area contributed by atoms with Crippen LogP contribution in [0.15, 0.2) is 67.0 Å². The molecule has 2 aromatic heterocycles. The molecule has 0 aliphatic heterocycles. The first-order chi connectivity index (χ1) is 15.6. The number of hydrogen-bond donors (Lipinski definition) is 2. The summed E-state index contributed by atoms with van der Waals surface area (Å²) in [5.41, 5.74) is 2.94. The van der Waals surface area contributed by atoms with Gasteiger partial charge in [0, 0.05) is 34.8 Å². The van der Waals surface area contributed by atoms with E-state index in [1.165, 1.54) is 0 Å².